The average molecular weight is 285 g/mol. The van der Waals surface area contributed by atoms with Gasteiger partial charge in [-0.1, -0.05) is 26.0 Å². The summed E-state index contributed by atoms with van der Waals surface area (Å²) in [6.45, 7) is 6.80. The fourth-order valence-corrected chi connectivity index (χ4v) is 2.05. The van der Waals surface area contributed by atoms with E-state index in [0.717, 1.165) is 28.3 Å². The van der Waals surface area contributed by atoms with Crippen molar-refractivity contribution in [3.63, 3.8) is 0 Å². The highest BCUT2D eigenvalue weighted by molar-refractivity contribution is 5.66. The number of aryl methyl sites for hydroxylation is 1. The van der Waals surface area contributed by atoms with Crippen LogP contribution in [0.2, 0.25) is 0 Å². The first-order valence-electron chi connectivity index (χ1n) is 7.18. The summed E-state index contributed by atoms with van der Waals surface area (Å²) in [5.74, 6) is 1.18. The average Bonchev–Trinajstić information content (AvgIpc) is 2.48. The van der Waals surface area contributed by atoms with E-state index in [4.69, 9.17) is 11.5 Å². The molecule has 112 valence electrons. The van der Waals surface area contributed by atoms with Crippen molar-refractivity contribution in [2.75, 3.05) is 17.6 Å². The van der Waals surface area contributed by atoms with Gasteiger partial charge >= 0.3 is 0 Å². The lowest BCUT2D eigenvalue weighted by Gasteiger charge is -2.20. The van der Waals surface area contributed by atoms with Gasteiger partial charge in [0, 0.05) is 23.8 Å². The van der Waals surface area contributed by atoms with E-state index in [0.29, 0.717) is 12.5 Å². The Kier molecular flexibility index (Phi) is 4.75. The second-order valence-electron chi connectivity index (χ2n) is 5.61. The fraction of sp³-hybridized carbons (Fsp3) is 0.375. The van der Waals surface area contributed by atoms with E-state index in [9.17, 15) is 0 Å². The maximum atomic E-state index is 5.93. The maximum Gasteiger partial charge on any atom is 0.148 e. The van der Waals surface area contributed by atoms with Crippen LogP contribution in [0.25, 0.3) is 11.3 Å². The van der Waals surface area contributed by atoms with Gasteiger partial charge < -0.3 is 16.8 Å². The highest BCUT2D eigenvalue weighted by atomic mass is 15.2. The van der Waals surface area contributed by atoms with Crippen LogP contribution >= 0.6 is 0 Å². The smallest absolute Gasteiger partial charge is 0.148 e. The number of nitrogens with one attached hydrogen (secondary N) is 1. The van der Waals surface area contributed by atoms with Crippen molar-refractivity contribution in [2.45, 2.75) is 26.8 Å². The van der Waals surface area contributed by atoms with Crippen LogP contribution in [0.15, 0.2) is 30.3 Å². The molecule has 0 saturated heterocycles. The Morgan fingerprint density at radius 3 is 2.43 bits per heavy atom. The molecule has 5 heteroatoms. The molecule has 5 nitrogen and oxygen atoms in total. The molecule has 0 unspecified atom stereocenters. The summed E-state index contributed by atoms with van der Waals surface area (Å²) in [7, 11) is 0. The highest BCUT2D eigenvalue weighted by Crippen LogP contribution is 2.22. The highest BCUT2D eigenvalue weighted by Gasteiger charge is 2.12. The molecule has 1 aromatic heterocycles. The molecule has 0 aliphatic heterocycles. The number of hydrogen-bond donors (Lipinski definition) is 3. The number of hydrogen-bond acceptors (Lipinski definition) is 5. The molecule has 1 atom stereocenters. The normalized spacial score (nSPS) is 12.4. The Morgan fingerprint density at radius 2 is 1.90 bits per heavy atom. The number of benzene rings is 1. The predicted molar refractivity (Wildman–Crippen MR) is 87.9 cm³/mol. The standard InChI is InChI=1S/C16H23N5/c1-10(2)15(9-17)19-16-7-6-14(20-21-16)12-5-4-11(3)13(18)8-12/h4-8,10,15H,9,17-18H2,1-3H3,(H,19,21)/t15-/m1/s1. The van der Waals surface area contributed by atoms with Crippen molar-refractivity contribution in [1.82, 2.24) is 10.2 Å². The molecule has 2 aromatic rings. The number of nitrogens with zero attached hydrogens (tertiary/aromatic N) is 2. The molecule has 0 saturated carbocycles. The van der Waals surface area contributed by atoms with Crippen LogP contribution in [-0.2, 0) is 0 Å². The fourth-order valence-electron chi connectivity index (χ4n) is 2.05. The van der Waals surface area contributed by atoms with Crippen LogP contribution < -0.4 is 16.8 Å². The van der Waals surface area contributed by atoms with Crippen LogP contribution in [0, 0.1) is 12.8 Å². The van der Waals surface area contributed by atoms with Crippen LogP contribution in [0.3, 0.4) is 0 Å². The van der Waals surface area contributed by atoms with Crippen molar-refractivity contribution in [2.24, 2.45) is 11.7 Å². The van der Waals surface area contributed by atoms with Crippen molar-refractivity contribution in [3.8, 4) is 11.3 Å². The Balaban J connectivity index is 2.16. The van der Waals surface area contributed by atoms with E-state index >= 15 is 0 Å². The third-order valence-electron chi connectivity index (χ3n) is 3.63. The van der Waals surface area contributed by atoms with Gasteiger partial charge in [-0.15, -0.1) is 10.2 Å². The zero-order valence-electron chi connectivity index (χ0n) is 12.8. The lowest BCUT2D eigenvalue weighted by Crippen LogP contribution is -2.34. The van der Waals surface area contributed by atoms with Crippen LogP contribution in [0.4, 0.5) is 11.5 Å². The molecule has 1 heterocycles. The summed E-state index contributed by atoms with van der Waals surface area (Å²) in [6, 6.07) is 9.96. The number of aromatic nitrogens is 2. The van der Waals surface area contributed by atoms with Gasteiger partial charge in [-0.05, 0) is 36.6 Å². The summed E-state index contributed by atoms with van der Waals surface area (Å²) >= 11 is 0. The largest absolute Gasteiger partial charge is 0.398 e. The van der Waals surface area contributed by atoms with Gasteiger partial charge in [-0.2, -0.15) is 0 Å². The van der Waals surface area contributed by atoms with Gasteiger partial charge in [-0.3, -0.25) is 0 Å². The molecular formula is C16H23N5. The Morgan fingerprint density at radius 1 is 1.14 bits per heavy atom. The van der Waals surface area contributed by atoms with Gasteiger partial charge in [0.25, 0.3) is 0 Å². The molecule has 0 fully saturated rings. The number of rotatable bonds is 5. The second kappa shape index (κ2) is 6.54. The zero-order valence-corrected chi connectivity index (χ0v) is 12.8. The lowest BCUT2D eigenvalue weighted by molar-refractivity contribution is 0.529. The lowest BCUT2D eigenvalue weighted by atomic mass is 10.0. The third-order valence-corrected chi connectivity index (χ3v) is 3.63. The molecule has 0 amide bonds. The molecule has 0 bridgehead atoms. The molecular weight excluding hydrogens is 262 g/mol. The second-order valence-corrected chi connectivity index (χ2v) is 5.61. The van der Waals surface area contributed by atoms with E-state index < -0.39 is 0 Å². The van der Waals surface area contributed by atoms with Gasteiger partial charge in [0.1, 0.15) is 5.82 Å². The zero-order chi connectivity index (χ0) is 15.4. The summed E-state index contributed by atoms with van der Waals surface area (Å²) in [5, 5.41) is 11.8. The Bertz CT molecular complexity index is 592. The topological polar surface area (TPSA) is 89.8 Å². The SMILES string of the molecule is Cc1ccc(-c2ccc(N[C@H](CN)C(C)C)nn2)cc1N. The predicted octanol–water partition coefficient (Wildman–Crippen LogP) is 2.43. The molecule has 21 heavy (non-hydrogen) atoms. The van der Waals surface area contributed by atoms with Crippen molar-refractivity contribution in [1.29, 1.82) is 0 Å². The quantitative estimate of drug-likeness (QED) is 0.734. The summed E-state index contributed by atoms with van der Waals surface area (Å²) < 4.78 is 0. The number of anilines is 2. The van der Waals surface area contributed by atoms with E-state index in [1.165, 1.54) is 0 Å². The first-order chi connectivity index (χ1) is 10.0. The molecule has 0 spiro atoms. The van der Waals surface area contributed by atoms with Crippen molar-refractivity contribution >= 4 is 11.5 Å². The molecule has 2 rings (SSSR count). The minimum Gasteiger partial charge on any atom is -0.398 e. The maximum absolute atomic E-state index is 5.93. The molecule has 0 radical (unpaired) electrons. The molecule has 0 aliphatic carbocycles. The van der Waals surface area contributed by atoms with Crippen LogP contribution in [0.1, 0.15) is 19.4 Å². The van der Waals surface area contributed by atoms with E-state index in [1.807, 2.05) is 37.3 Å². The Hall–Kier alpha value is -2.14. The summed E-state index contributed by atoms with van der Waals surface area (Å²) in [6.07, 6.45) is 0. The first-order valence-corrected chi connectivity index (χ1v) is 7.18. The Labute approximate surface area is 125 Å². The molecule has 5 N–H and O–H groups in total. The summed E-state index contributed by atoms with van der Waals surface area (Å²) in [4.78, 5) is 0. The van der Waals surface area contributed by atoms with Gasteiger partial charge in [0.2, 0.25) is 0 Å². The van der Waals surface area contributed by atoms with E-state index in [-0.39, 0.29) is 6.04 Å². The van der Waals surface area contributed by atoms with Crippen molar-refractivity contribution in [3.05, 3.63) is 35.9 Å². The van der Waals surface area contributed by atoms with Gasteiger partial charge in [0.05, 0.1) is 5.69 Å². The molecule has 0 aliphatic rings. The van der Waals surface area contributed by atoms with Crippen LogP contribution in [0.5, 0.6) is 0 Å². The van der Waals surface area contributed by atoms with Crippen molar-refractivity contribution < 1.29 is 0 Å². The molecule has 1 aromatic carbocycles. The summed E-state index contributed by atoms with van der Waals surface area (Å²) in [5.41, 5.74) is 15.3. The van der Waals surface area contributed by atoms with E-state index in [2.05, 4.69) is 29.4 Å². The van der Waals surface area contributed by atoms with Gasteiger partial charge in [-0.25, -0.2) is 0 Å². The van der Waals surface area contributed by atoms with E-state index in [1.54, 1.807) is 0 Å². The van der Waals surface area contributed by atoms with Gasteiger partial charge in [0.15, 0.2) is 0 Å². The number of nitrogens with two attached hydrogens (primary N) is 2. The van der Waals surface area contributed by atoms with Crippen LogP contribution in [-0.4, -0.2) is 22.8 Å². The first kappa shape index (κ1) is 15.3. The minimum absolute atomic E-state index is 0.195. The number of nitrogen functional groups attached to an aromatic ring is 1. The minimum atomic E-state index is 0.195. The third kappa shape index (κ3) is 3.70. The monoisotopic (exact) mass is 285 g/mol.